The Balaban J connectivity index is 1.80. The van der Waals surface area contributed by atoms with Crippen LogP contribution in [0.5, 0.6) is 5.75 Å². The maximum atomic E-state index is 9.88. The molecule has 3 rings (SSSR count). The highest BCUT2D eigenvalue weighted by Gasteiger charge is 2.09. The predicted octanol–water partition coefficient (Wildman–Crippen LogP) is 5.01. The van der Waals surface area contributed by atoms with Crippen LogP contribution in [-0.2, 0) is 6.54 Å². The summed E-state index contributed by atoms with van der Waals surface area (Å²) in [6.07, 6.45) is 0. The standard InChI is InChI=1S/C21H23NO/c1-14-11-17(12-15(2)21(14)23)13-22-16(3)19-10-6-8-18-7-4-5-9-20(18)19/h4-12,16,22-23H,13H2,1-3H3/t16-/m1/s1. The molecule has 2 heteroatoms. The molecule has 0 unspecified atom stereocenters. The summed E-state index contributed by atoms with van der Waals surface area (Å²) in [4.78, 5) is 0. The smallest absolute Gasteiger partial charge is 0.121 e. The summed E-state index contributed by atoms with van der Waals surface area (Å²) in [7, 11) is 0. The molecule has 1 atom stereocenters. The van der Waals surface area contributed by atoms with Crippen LogP contribution >= 0.6 is 0 Å². The number of hydrogen-bond donors (Lipinski definition) is 2. The highest BCUT2D eigenvalue weighted by atomic mass is 16.3. The summed E-state index contributed by atoms with van der Waals surface area (Å²) in [5.41, 5.74) is 4.37. The van der Waals surface area contributed by atoms with E-state index in [0.717, 1.165) is 17.7 Å². The minimum Gasteiger partial charge on any atom is -0.507 e. The van der Waals surface area contributed by atoms with Gasteiger partial charge >= 0.3 is 0 Å². The van der Waals surface area contributed by atoms with E-state index in [1.54, 1.807) is 0 Å². The van der Waals surface area contributed by atoms with Gasteiger partial charge in [0.05, 0.1) is 0 Å². The second-order valence-corrected chi connectivity index (χ2v) is 6.25. The van der Waals surface area contributed by atoms with Gasteiger partial charge in [-0.25, -0.2) is 0 Å². The summed E-state index contributed by atoms with van der Waals surface area (Å²) >= 11 is 0. The molecule has 0 fully saturated rings. The van der Waals surface area contributed by atoms with Gasteiger partial charge in [-0.1, -0.05) is 54.6 Å². The van der Waals surface area contributed by atoms with Gasteiger partial charge in [0, 0.05) is 12.6 Å². The molecule has 2 nitrogen and oxygen atoms in total. The van der Waals surface area contributed by atoms with Gasteiger partial charge in [-0.3, -0.25) is 0 Å². The molecule has 0 bridgehead atoms. The van der Waals surface area contributed by atoms with E-state index < -0.39 is 0 Å². The van der Waals surface area contributed by atoms with E-state index in [9.17, 15) is 5.11 Å². The van der Waals surface area contributed by atoms with Crippen molar-refractivity contribution in [2.45, 2.75) is 33.4 Å². The number of rotatable bonds is 4. The van der Waals surface area contributed by atoms with Crippen LogP contribution in [0, 0.1) is 13.8 Å². The maximum absolute atomic E-state index is 9.88. The number of aryl methyl sites for hydroxylation is 2. The van der Waals surface area contributed by atoms with E-state index in [2.05, 4.69) is 54.7 Å². The summed E-state index contributed by atoms with van der Waals surface area (Å²) in [5.74, 6) is 0.399. The summed E-state index contributed by atoms with van der Waals surface area (Å²) in [6.45, 7) is 6.87. The number of aromatic hydroxyl groups is 1. The third kappa shape index (κ3) is 3.22. The Morgan fingerprint density at radius 2 is 1.61 bits per heavy atom. The minimum atomic E-state index is 0.260. The van der Waals surface area contributed by atoms with E-state index >= 15 is 0 Å². The van der Waals surface area contributed by atoms with Gasteiger partial charge in [-0.15, -0.1) is 0 Å². The molecule has 0 spiro atoms. The first-order chi connectivity index (χ1) is 11.1. The third-order valence-corrected chi connectivity index (χ3v) is 4.45. The van der Waals surface area contributed by atoms with Gasteiger partial charge < -0.3 is 10.4 Å². The monoisotopic (exact) mass is 305 g/mol. The minimum absolute atomic E-state index is 0.260. The lowest BCUT2D eigenvalue weighted by Crippen LogP contribution is -2.18. The molecule has 3 aromatic rings. The topological polar surface area (TPSA) is 32.3 Å². The Hall–Kier alpha value is -2.32. The van der Waals surface area contributed by atoms with Gasteiger partial charge in [-0.2, -0.15) is 0 Å². The van der Waals surface area contributed by atoms with Crippen LogP contribution in [0.3, 0.4) is 0 Å². The normalized spacial score (nSPS) is 12.5. The molecule has 0 saturated heterocycles. The van der Waals surface area contributed by atoms with Gasteiger partial charge in [0.15, 0.2) is 0 Å². The Morgan fingerprint density at radius 3 is 2.35 bits per heavy atom. The van der Waals surface area contributed by atoms with Crippen LogP contribution in [0.25, 0.3) is 10.8 Å². The number of nitrogens with one attached hydrogen (secondary N) is 1. The van der Waals surface area contributed by atoms with Gasteiger partial charge in [-0.05, 0) is 53.8 Å². The lowest BCUT2D eigenvalue weighted by atomic mass is 9.99. The van der Waals surface area contributed by atoms with E-state index in [4.69, 9.17) is 0 Å². The van der Waals surface area contributed by atoms with E-state index in [0.29, 0.717) is 5.75 Å². The first kappa shape index (κ1) is 15.6. The quantitative estimate of drug-likeness (QED) is 0.710. The Bertz CT molecular complexity index is 810. The number of hydrogen-bond acceptors (Lipinski definition) is 2. The summed E-state index contributed by atoms with van der Waals surface area (Å²) in [5, 5.41) is 16.1. The van der Waals surface area contributed by atoms with Crippen molar-refractivity contribution in [3.05, 3.63) is 76.9 Å². The maximum Gasteiger partial charge on any atom is 0.121 e. The molecule has 0 aromatic heterocycles. The molecule has 0 radical (unpaired) electrons. The van der Waals surface area contributed by atoms with Crippen molar-refractivity contribution in [3.8, 4) is 5.75 Å². The largest absolute Gasteiger partial charge is 0.507 e. The first-order valence-electron chi connectivity index (χ1n) is 8.06. The second kappa shape index (κ2) is 6.43. The van der Waals surface area contributed by atoms with Crippen LogP contribution in [0.1, 0.15) is 35.2 Å². The number of fused-ring (bicyclic) bond motifs is 1. The number of phenols is 1. The van der Waals surface area contributed by atoms with Crippen molar-refractivity contribution in [2.75, 3.05) is 0 Å². The van der Waals surface area contributed by atoms with Crippen molar-refractivity contribution in [2.24, 2.45) is 0 Å². The molecule has 0 aliphatic rings. The lowest BCUT2D eigenvalue weighted by Gasteiger charge is -2.17. The summed E-state index contributed by atoms with van der Waals surface area (Å²) in [6, 6.07) is 19.3. The van der Waals surface area contributed by atoms with Gasteiger partial charge in [0.1, 0.15) is 5.75 Å². The Kier molecular flexibility index (Phi) is 4.35. The number of phenolic OH excluding ortho intramolecular Hbond substituents is 1. The fraction of sp³-hybridized carbons (Fsp3) is 0.238. The molecule has 2 N–H and O–H groups in total. The van der Waals surface area contributed by atoms with Crippen LogP contribution < -0.4 is 5.32 Å². The summed E-state index contributed by atoms with van der Waals surface area (Å²) < 4.78 is 0. The molecule has 0 aliphatic heterocycles. The van der Waals surface area contributed by atoms with Crippen LogP contribution in [-0.4, -0.2) is 5.11 Å². The molecule has 118 valence electrons. The Labute approximate surface area is 137 Å². The highest BCUT2D eigenvalue weighted by Crippen LogP contribution is 2.26. The molecule has 23 heavy (non-hydrogen) atoms. The molecule has 0 amide bonds. The van der Waals surface area contributed by atoms with Crippen LogP contribution in [0.15, 0.2) is 54.6 Å². The molecular weight excluding hydrogens is 282 g/mol. The van der Waals surface area contributed by atoms with Crippen molar-refractivity contribution >= 4 is 10.8 Å². The van der Waals surface area contributed by atoms with Crippen LogP contribution in [0.2, 0.25) is 0 Å². The van der Waals surface area contributed by atoms with E-state index in [1.165, 1.54) is 21.9 Å². The Morgan fingerprint density at radius 1 is 0.957 bits per heavy atom. The van der Waals surface area contributed by atoms with Crippen molar-refractivity contribution in [1.29, 1.82) is 0 Å². The first-order valence-corrected chi connectivity index (χ1v) is 8.06. The van der Waals surface area contributed by atoms with E-state index in [-0.39, 0.29) is 6.04 Å². The average molecular weight is 305 g/mol. The second-order valence-electron chi connectivity index (χ2n) is 6.25. The molecule has 0 saturated carbocycles. The average Bonchev–Trinajstić information content (AvgIpc) is 2.57. The predicted molar refractivity (Wildman–Crippen MR) is 96.8 cm³/mol. The lowest BCUT2D eigenvalue weighted by molar-refractivity contribution is 0.466. The molecular formula is C21H23NO. The van der Waals surface area contributed by atoms with Gasteiger partial charge in [0.25, 0.3) is 0 Å². The van der Waals surface area contributed by atoms with E-state index in [1.807, 2.05) is 26.0 Å². The zero-order chi connectivity index (χ0) is 16.4. The number of benzene rings is 3. The highest BCUT2D eigenvalue weighted by molar-refractivity contribution is 5.86. The fourth-order valence-electron chi connectivity index (χ4n) is 3.16. The molecule has 3 aromatic carbocycles. The van der Waals surface area contributed by atoms with Crippen molar-refractivity contribution < 1.29 is 5.11 Å². The molecule has 0 aliphatic carbocycles. The zero-order valence-corrected chi connectivity index (χ0v) is 13.9. The van der Waals surface area contributed by atoms with Crippen LogP contribution in [0.4, 0.5) is 0 Å². The van der Waals surface area contributed by atoms with Crippen molar-refractivity contribution in [1.82, 2.24) is 5.32 Å². The fourth-order valence-corrected chi connectivity index (χ4v) is 3.16. The van der Waals surface area contributed by atoms with Gasteiger partial charge in [0.2, 0.25) is 0 Å². The third-order valence-electron chi connectivity index (χ3n) is 4.45. The SMILES string of the molecule is Cc1cc(CN[C@H](C)c2cccc3ccccc23)cc(C)c1O. The van der Waals surface area contributed by atoms with Crippen molar-refractivity contribution in [3.63, 3.8) is 0 Å². The zero-order valence-electron chi connectivity index (χ0n) is 13.9. The molecule has 0 heterocycles.